The van der Waals surface area contributed by atoms with E-state index in [1.165, 1.54) is 0 Å². The predicted molar refractivity (Wildman–Crippen MR) is 68.8 cm³/mol. The first-order valence-electron chi connectivity index (χ1n) is 5.16. The zero-order valence-electron chi connectivity index (χ0n) is 8.59. The van der Waals surface area contributed by atoms with Gasteiger partial charge in [0.1, 0.15) is 0 Å². The van der Waals surface area contributed by atoms with Crippen molar-refractivity contribution in [1.82, 2.24) is 5.32 Å². The fraction of sp³-hybridized carbons (Fsp3) is 0.364. The number of nitrogens with one attached hydrogen (secondary N) is 2. The van der Waals surface area contributed by atoms with Crippen LogP contribution in [0.5, 0.6) is 0 Å². The maximum atomic E-state index is 11.8. The van der Waals surface area contributed by atoms with Crippen molar-refractivity contribution in [3.8, 4) is 0 Å². The van der Waals surface area contributed by atoms with E-state index in [1.807, 2.05) is 12.1 Å². The summed E-state index contributed by atoms with van der Waals surface area (Å²) in [5, 5.41) is 6.59. The molecule has 0 radical (unpaired) electrons. The van der Waals surface area contributed by atoms with E-state index in [0.29, 0.717) is 5.02 Å². The van der Waals surface area contributed by atoms with Gasteiger partial charge in [0, 0.05) is 10.2 Å². The SMILES string of the molecule is O=C(Nc1ccc(Br)c(Cl)c1)C1CCCN1. The van der Waals surface area contributed by atoms with Crippen molar-refractivity contribution in [2.75, 3.05) is 11.9 Å². The minimum absolute atomic E-state index is 0.0101. The lowest BCUT2D eigenvalue weighted by molar-refractivity contribution is -0.117. The van der Waals surface area contributed by atoms with Gasteiger partial charge in [-0.3, -0.25) is 4.79 Å². The molecule has 3 nitrogen and oxygen atoms in total. The highest BCUT2D eigenvalue weighted by atomic mass is 79.9. The molecule has 16 heavy (non-hydrogen) atoms. The third kappa shape index (κ3) is 2.75. The van der Waals surface area contributed by atoms with E-state index < -0.39 is 0 Å². The molecule has 1 aromatic rings. The first-order chi connectivity index (χ1) is 7.66. The van der Waals surface area contributed by atoms with Crippen LogP contribution < -0.4 is 10.6 Å². The lowest BCUT2D eigenvalue weighted by Gasteiger charge is -2.11. The average Bonchev–Trinajstić information content (AvgIpc) is 2.77. The van der Waals surface area contributed by atoms with E-state index in [-0.39, 0.29) is 11.9 Å². The fourth-order valence-corrected chi connectivity index (χ4v) is 2.14. The van der Waals surface area contributed by atoms with Gasteiger partial charge < -0.3 is 10.6 Å². The maximum absolute atomic E-state index is 11.8. The first-order valence-corrected chi connectivity index (χ1v) is 6.33. The molecule has 0 aliphatic carbocycles. The molecule has 1 heterocycles. The van der Waals surface area contributed by atoms with Crippen molar-refractivity contribution in [1.29, 1.82) is 0 Å². The molecule has 0 saturated carbocycles. The fourth-order valence-electron chi connectivity index (χ4n) is 1.71. The molecule has 1 fully saturated rings. The Morgan fingerprint density at radius 1 is 1.56 bits per heavy atom. The van der Waals surface area contributed by atoms with E-state index in [2.05, 4.69) is 26.6 Å². The van der Waals surface area contributed by atoms with Crippen molar-refractivity contribution in [3.63, 3.8) is 0 Å². The molecule has 86 valence electrons. The summed E-state index contributed by atoms with van der Waals surface area (Å²) in [6.45, 7) is 0.916. The number of rotatable bonds is 2. The standard InChI is InChI=1S/C11H12BrClN2O/c12-8-4-3-7(6-9(8)13)15-11(16)10-2-1-5-14-10/h3-4,6,10,14H,1-2,5H2,(H,15,16). The summed E-state index contributed by atoms with van der Waals surface area (Å²) in [6, 6.07) is 5.31. The van der Waals surface area contributed by atoms with Gasteiger partial charge in [0.2, 0.25) is 5.91 Å². The summed E-state index contributed by atoms with van der Waals surface area (Å²) < 4.78 is 0.825. The lowest BCUT2D eigenvalue weighted by Crippen LogP contribution is -2.35. The van der Waals surface area contributed by atoms with Crippen molar-refractivity contribution in [2.45, 2.75) is 18.9 Å². The van der Waals surface area contributed by atoms with E-state index in [4.69, 9.17) is 11.6 Å². The molecular formula is C11H12BrClN2O. The Kier molecular flexibility index (Phi) is 3.84. The second-order valence-corrected chi connectivity index (χ2v) is 5.03. The van der Waals surface area contributed by atoms with Gasteiger partial charge in [-0.1, -0.05) is 11.6 Å². The van der Waals surface area contributed by atoms with Crippen LogP contribution in [-0.4, -0.2) is 18.5 Å². The third-order valence-electron chi connectivity index (χ3n) is 2.56. The summed E-state index contributed by atoms with van der Waals surface area (Å²) in [5.74, 6) is 0.0101. The zero-order chi connectivity index (χ0) is 11.5. The Hall–Kier alpha value is -0.580. The second kappa shape index (κ2) is 5.17. The molecule has 1 aromatic carbocycles. The third-order valence-corrected chi connectivity index (χ3v) is 3.80. The molecule has 1 aliphatic rings. The molecule has 0 bridgehead atoms. The number of amides is 1. The molecule has 2 N–H and O–H groups in total. The largest absolute Gasteiger partial charge is 0.325 e. The number of anilines is 1. The van der Waals surface area contributed by atoms with Crippen molar-refractivity contribution < 1.29 is 4.79 Å². The van der Waals surface area contributed by atoms with Crippen LogP contribution in [0.15, 0.2) is 22.7 Å². The Bertz CT molecular complexity index is 405. The van der Waals surface area contributed by atoms with Crippen LogP contribution in [-0.2, 0) is 4.79 Å². The van der Waals surface area contributed by atoms with Crippen LogP contribution >= 0.6 is 27.5 Å². The molecule has 1 atom stereocenters. The number of benzene rings is 1. The molecule has 5 heteroatoms. The van der Waals surface area contributed by atoms with Gasteiger partial charge in [-0.2, -0.15) is 0 Å². The summed E-state index contributed by atoms with van der Waals surface area (Å²) in [7, 11) is 0. The Balaban J connectivity index is 2.02. The van der Waals surface area contributed by atoms with Gasteiger partial charge in [0.15, 0.2) is 0 Å². The molecule has 1 amide bonds. The molecule has 0 spiro atoms. The Morgan fingerprint density at radius 3 is 3.00 bits per heavy atom. The molecule has 1 unspecified atom stereocenters. The van der Waals surface area contributed by atoms with Crippen LogP contribution in [0.4, 0.5) is 5.69 Å². The quantitative estimate of drug-likeness (QED) is 0.882. The summed E-state index contributed by atoms with van der Waals surface area (Å²) in [4.78, 5) is 11.8. The molecular weight excluding hydrogens is 291 g/mol. The number of hydrogen-bond donors (Lipinski definition) is 2. The second-order valence-electron chi connectivity index (χ2n) is 3.77. The summed E-state index contributed by atoms with van der Waals surface area (Å²) >= 11 is 9.25. The van der Waals surface area contributed by atoms with Crippen LogP contribution in [0.3, 0.4) is 0 Å². The molecule has 1 aliphatic heterocycles. The number of hydrogen-bond acceptors (Lipinski definition) is 2. The lowest BCUT2D eigenvalue weighted by atomic mass is 10.2. The van der Waals surface area contributed by atoms with E-state index in [9.17, 15) is 4.79 Å². The zero-order valence-corrected chi connectivity index (χ0v) is 10.9. The highest BCUT2D eigenvalue weighted by Crippen LogP contribution is 2.25. The number of carbonyl (C=O) groups excluding carboxylic acids is 1. The highest BCUT2D eigenvalue weighted by Gasteiger charge is 2.21. The van der Waals surface area contributed by atoms with E-state index >= 15 is 0 Å². The Morgan fingerprint density at radius 2 is 2.38 bits per heavy atom. The van der Waals surface area contributed by atoms with Gasteiger partial charge in [-0.05, 0) is 53.5 Å². The van der Waals surface area contributed by atoms with E-state index in [0.717, 1.165) is 29.5 Å². The highest BCUT2D eigenvalue weighted by molar-refractivity contribution is 9.10. The normalized spacial score (nSPS) is 19.8. The van der Waals surface area contributed by atoms with Gasteiger partial charge in [0.05, 0.1) is 11.1 Å². The average molecular weight is 304 g/mol. The monoisotopic (exact) mass is 302 g/mol. The van der Waals surface area contributed by atoms with Crippen LogP contribution in [0.2, 0.25) is 5.02 Å². The maximum Gasteiger partial charge on any atom is 0.241 e. The molecule has 0 aromatic heterocycles. The summed E-state index contributed by atoms with van der Waals surface area (Å²) in [5.41, 5.74) is 0.729. The molecule has 1 saturated heterocycles. The van der Waals surface area contributed by atoms with Crippen molar-refractivity contribution in [3.05, 3.63) is 27.7 Å². The minimum Gasteiger partial charge on any atom is -0.325 e. The minimum atomic E-state index is -0.0672. The Labute approximate surface area is 108 Å². The van der Waals surface area contributed by atoms with Gasteiger partial charge >= 0.3 is 0 Å². The van der Waals surface area contributed by atoms with Crippen molar-refractivity contribution in [2.24, 2.45) is 0 Å². The van der Waals surface area contributed by atoms with Gasteiger partial charge in [0.25, 0.3) is 0 Å². The van der Waals surface area contributed by atoms with Crippen LogP contribution in [0, 0.1) is 0 Å². The first kappa shape index (κ1) is 11.9. The topological polar surface area (TPSA) is 41.1 Å². The van der Waals surface area contributed by atoms with Gasteiger partial charge in [-0.25, -0.2) is 0 Å². The number of carbonyl (C=O) groups is 1. The van der Waals surface area contributed by atoms with Crippen LogP contribution in [0.1, 0.15) is 12.8 Å². The van der Waals surface area contributed by atoms with Crippen LogP contribution in [0.25, 0.3) is 0 Å². The summed E-state index contributed by atoms with van der Waals surface area (Å²) in [6.07, 6.45) is 1.95. The van der Waals surface area contributed by atoms with Gasteiger partial charge in [-0.15, -0.1) is 0 Å². The molecule has 2 rings (SSSR count). The predicted octanol–water partition coefficient (Wildman–Crippen LogP) is 2.79. The van der Waals surface area contributed by atoms with E-state index in [1.54, 1.807) is 6.07 Å². The smallest absolute Gasteiger partial charge is 0.241 e. The number of halogens is 2. The van der Waals surface area contributed by atoms with Crippen molar-refractivity contribution >= 4 is 39.1 Å².